The minimum Gasteiger partial charge on any atom is -0.464 e. The standard InChI is InChI=1S/C15H20N2O3S/c1-5-7-11(15(19)20-6-2)17-8-16-13-12(14(17)18)9(3)10(4)21-13/h8,11H,5-7H2,1-4H3. The molecule has 0 amide bonds. The average Bonchev–Trinajstić information content (AvgIpc) is 2.73. The largest absolute Gasteiger partial charge is 0.464 e. The Morgan fingerprint density at radius 1 is 1.43 bits per heavy atom. The summed E-state index contributed by atoms with van der Waals surface area (Å²) < 4.78 is 6.51. The fourth-order valence-electron chi connectivity index (χ4n) is 2.35. The van der Waals surface area contributed by atoms with E-state index < -0.39 is 6.04 Å². The number of thiophene rings is 1. The van der Waals surface area contributed by atoms with Crippen molar-refractivity contribution in [1.82, 2.24) is 9.55 Å². The molecule has 0 aliphatic rings. The molecule has 5 nitrogen and oxygen atoms in total. The number of ether oxygens (including phenoxy) is 1. The van der Waals surface area contributed by atoms with Crippen LogP contribution in [0.15, 0.2) is 11.1 Å². The number of aromatic nitrogens is 2. The molecular formula is C15H20N2O3S. The Morgan fingerprint density at radius 3 is 2.76 bits per heavy atom. The van der Waals surface area contributed by atoms with Crippen molar-refractivity contribution in [2.24, 2.45) is 0 Å². The van der Waals surface area contributed by atoms with E-state index in [1.807, 2.05) is 20.8 Å². The fraction of sp³-hybridized carbons (Fsp3) is 0.533. The predicted octanol–water partition coefficient (Wildman–Crippen LogP) is 2.98. The minimum absolute atomic E-state index is 0.159. The number of esters is 1. The minimum atomic E-state index is -0.598. The maximum atomic E-state index is 12.7. The zero-order valence-electron chi connectivity index (χ0n) is 12.8. The normalized spacial score (nSPS) is 12.6. The van der Waals surface area contributed by atoms with Gasteiger partial charge in [-0.25, -0.2) is 9.78 Å². The number of hydrogen-bond acceptors (Lipinski definition) is 5. The second-order valence-corrected chi connectivity index (χ2v) is 6.18. The van der Waals surface area contributed by atoms with E-state index in [1.54, 1.807) is 6.92 Å². The van der Waals surface area contributed by atoms with Crippen molar-refractivity contribution in [3.63, 3.8) is 0 Å². The maximum absolute atomic E-state index is 12.7. The van der Waals surface area contributed by atoms with E-state index in [0.717, 1.165) is 21.7 Å². The van der Waals surface area contributed by atoms with Crippen LogP contribution in [0.25, 0.3) is 10.2 Å². The lowest BCUT2D eigenvalue weighted by atomic mass is 10.1. The smallest absolute Gasteiger partial charge is 0.329 e. The van der Waals surface area contributed by atoms with Gasteiger partial charge in [-0.2, -0.15) is 0 Å². The molecule has 2 heterocycles. The molecule has 21 heavy (non-hydrogen) atoms. The zero-order valence-corrected chi connectivity index (χ0v) is 13.6. The highest BCUT2D eigenvalue weighted by molar-refractivity contribution is 7.18. The van der Waals surface area contributed by atoms with Gasteiger partial charge in [-0.05, 0) is 32.8 Å². The van der Waals surface area contributed by atoms with E-state index in [1.165, 1.54) is 22.2 Å². The van der Waals surface area contributed by atoms with E-state index in [9.17, 15) is 9.59 Å². The number of hydrogen-bond donors (Lipinski definition) is 0. The topological polar surface area (TPSA) is 61.2 Å². The lowest BCUT2D eigenvalue weighted by Crippen LogP contribution is -2.31. The van der Waals surface area contributed by atoms with Crippen molar-refractivity contribution < 1.29 is 9.53 Å². The Labute approximate surface area is 127 Å². The van der Waals surface area contributed by atoms with E-state index in [4.69, 9.17) is 4.74 Å². The predicted molar refractivity (Wildman–Crippen MR) is 83.9 cm³/mol. The summed E-state index contributed by atoms with van der Waals surface area (Å²) in [7, 11) is 0. The van der Waals surface area contributed by atoms with Gasteiger partial charge >= 0.3 is 5.97 Å². The number of nitrogens with zero attached hydrogens (tertiary/aromatic N) is 2. The summed E-state index contributed by atoms with van der Waals surface area (Å²) in [5.41, 5.74) is 0.786. The molecule has 0 saturated heterocycles. The van der Waals surface area contributed by atoms with Gasteiger partial charge in [-0.1, -0.05) is 13.3 Å². The Morgan fingerprint density at radius 2 is 2.14 bits per heavy atom. The number of carbonyl (C=O) groups is 1. The van der Waals surface area contributed by atoms with E-state index in [0.29, 0.717) is 18.4 Å². The average molecular weight is 308 g/mol. The van der Waals surface area contributed by atoms with Gasteiger partial charge in [0.25, 0.3) is 5.56 Å². The van der Waals surface area contributed by atoms with Gasteiger partial charge in [0.1, 0.15) is 10.9 Å². The van der Waals surface area contributed by atoms with Crippen LogP contribution in [0, 0.1) is 13.8 Å². The van der Waals surface area contributed by atoms with E-state index in [2.05, 4.69) is 4.98 Å². The molecule has 2 aromatic heterocycles. The highest BCUT2D eigenvalue weighted by atomic mass is 32.1. The highest BCUT2D eigenvalue weighted by Gasteiger charge is 2.24. The summed E-state index contributed by atoms with van der Waals surface area (Å²) in [5.74, 6) is -0.368. The molecule has 0 aromatic carbocycles. The maximum Gasteiger partial charge on any atom is 0.329 e. The highest BCUT2D eigenvalue weighted by Crippen LogP contribution is 2.26. The lowest BCUT2D eigenvalue weighted by molar-refractivity contribution is -0.147. The Bertz CT molecular complexity index is 718. The van der Waals surface area contributed by atoms with Crippen LogP contribution >= 0.6 is 11.3 Å². The van der Waals surface area contributed by atoms with E-state index in [-0.39, 0.29) is 11.5 Å². The van der Waals surface area contributed by atoms with Gasteiger partial charge in [0.05, 0.1) is 18.3 Å². The van der Waals surface area contributed by atoms with Crippen LogP contribution in [0.1, 0.15) is 43.2 Å². The van der Waals surface area contributed by atoms with Crippen molar-refractivity contribution in [1.29, 1.82) is 0 Å². The molecule has 0 spiro atoms. The quantitative estimate of drug-likeness (QED) is 0.797. The van der Waals surface area contributed by atoms with Crippen molar-refractivity contribution in [3.05, 3.63) is 27.1 Å². The van der Waals surface area contributed by atoms with Crippen LogP contribution in [-0.4, -0.2) is 22.1 Å². The second kappa shape index (κ2) is 6.39. The first-order chi connectivity index (χ1) is 10.0. The first kappa shape index (κ1) is 15.7. The fourth-order valence-corrected chi connectivity index (χ4v) is 3.34. The van der Waals surface area contributed by atoms with Gasteiger partial charge in [-0.3, -0.25) is 9.36 Å². The Kier molecular flexibility index (Phi) is 4.77. The van der Waals surface area contributed by atoms with Crippen LogP contribution in [0.3, 0.4) is 0 Å². The lowest BCUT2D eigenvalue weighted by Gasteiger charge is -2.17. The molecule has 0 radical (unpaired) electrons. The molecule has 0 bridgehead atoms. The molecule has 1 unspecified atom stereocenters. The summed E-state index contributed by atoms with van der Waals surface area (Å²) in [5, 5.41) is 0.616. The summed E-state index contributed by atoms with van der Waals surface area (Å²) in [6, 6.07) is -0.598. The molecule has 2 rings (SSSR count). The summed E-state index contributed by atoms with van der Waals surface area (Å²) in [4.78, 5) is 31.0. The van der Waals surface area contributed by atoms with Gasteiger partial charge < -0.3 is 4.74 Å². The number of carbonyl (C=O) groups excluding carboxylic acids is 1. The van der Waals surface area contributed by atoms with Crippen LogP contribution in [-0.2, 0) is 9.53 Å². The van der Waals surface area contributed by atoms with Crippen molar-refractivity contribution in [3.8, 4) is 0 Å². The van der Waals surface area contributed by atoms with Crippen LogP contribution < -0.4 is 5.56 Å². The first-order valence-corrected chi connectivity index (χ1v) is 7.96. The second-order valence-electron chi connectivity index (χ2n) is 4.98. The van der Waals surface area contributed by atoms with Crippen molar-refractivity contribution in [2.45, 2.75) is 46.6 Å². The summed E-state index contributed by atoms with van der Waals surface area (Å²) in [6.07, 6.45) is 2.82. The van der Waals surface area contributed by atoms with Crippen LogP contribution in [0.2, 0.25) is 0 Å². The van der Waals surface area contributed by atoms with Gasteiger partial charge in [-0.15, -0.1) is 11.3 Å². The molecule has 0 aliphatic heterocycles. The Balaban J connectivity index is 2.58. The summed E-state index contributed by atoms with van der Waals surface area (Å²) in [6.45, 7) is 7.93. The van der Waals surface area contributed by atoms with Crippen LogP contribution in [0.4, 0.5) is 0 Å². The van der Waals surface area contributed by atoms with Crippen molar-refractivity contribution >= 4 is 27.5 Å². The molecule has 114 valence electrons. The molecule has 1 atom stereocenters. The number of rotatable bonds is 5. The van der Waals surface area contributed by atoms with Gasteiger partial charge in [0.15, 0.2) is 0 Å². The molecular weight excluding hydrogens is 288 g/mol. The monoisotopic (exact) mass is 308 g/mol. The molecule has 6 heteroatoms. The SMILES string of the molecule is CCCC(C(=O)OCC)n1cnc2sc(C)c(C)c2c1=O. The van der Waals surface area contributed by atoms with Crippen molar-refractivity contribution in [2.75, 3.05) is 6.61 Å². The molecule has 2 aromatic rings. The van der Waals surface area contributed by atoms with Gasteiger partial charge in [0, 0.05) is 4.88 Å². The zero-order chi connectivity index (χ0) is 15.6. The van der Waals surface area contributed by atoms with Crippen LogP contribution in [0.5, 0.6) is 0 Å². The third-order valence-corrected chi connectivity index (χ3v) is 4.69. The van der Waals surface area contributed by atoms with E-state index >= 15 is 0 Å². The molecule has 0 aliphatic carbocycles. The number of fused-ring (bicyclic) bond motifs is 1. The third-order valence-electron chi connectivity index (χ3n) is 3.57. The third kappa shape index (κ3) is 2.85. The first-order valence-electron chi connectivity index (χ1n) is 7.14. The van der Waals surface area contributed by atoms with Gasteiger partial charge in [0.2, 0.25) is 0 Å². The molecule has 0 N–H and O–H groups in total. The summed E-state index contributed by atoms with van der Waals surface area (Å²) >= 11 is 1.50. The number of aryl methyl sites for hydroxylation is 2. The molecule has 0 saturated carbocycles. The Hall–Kier alpha value is -1.69. The molecule has 0 fully saturated rings.